The number of hydrogen-bond donors (Lipinski definition) is 2. The van der Waals surface area contributed by atoms with Crippen molar-refractivity contribution in [3.05, 3.63) is 83.9 Å². The molecule has 3 atom stereocenters. The maximum absolute atomic E-state index is 12.9. The van der Waals surface area contributed by atoms with E-state index in [0.29, 0.717) is 18.8 Å². The number of likely N-dealkylation sites (tertiary alicyclic amines) is 1. The van der Waals surface area contributed by atoms with E-state index in [0.717, 1.165) is 29.0 Å². The van der Waals surface area contributed by atoms with E-state index in [-0.39, 0.29) is 24.0 Å². The highest BCUT2D eigenvalue weighted by Crippen LogP contribution is 2.43. The lowest BCUT2D eigenvalue weighted by molar-refractivity contribution is -0.137. The number of amides is 2. The molecule has 1 unspecified atom stereocenters. The van der Waals surface area contributed by atoms with Crippen molar-refractivity contribution in [1.82, 2.24) is 10.2 Å². The third-order valence-corrected chi connectivity index (χ3v) is 6.67. The Balaban J connectivity index is 1.27. The number of alkyl halides is 3. The number of piperazine rings is 1. The summed E-state index contributed by atoms with van der Waals surface area (Å²) in [5.74, 6) is 1.02. The summed E-state index contributed by atoms with van der Waals surface area (Å²) in [6.07, 6.45) is -4.40. The SMILES string of the molecule is COc1ccc(-c2ccc(C3[C@H]4CNC[C@@H]3N4C(=O)Nc3ccc(C(F)(F)F)cc3)cc2)cc1. The molecule has 3 aromatic carbocycles. The number of urea groups is 1. The molecule has 8 heteroatoms. The first-order valence-electron chi connectivity index (χ1n) is 11.1. The molecule has 2 fully saturated rings. The molecule has 2 N–H and O–H groups in total. The molecule has 2 amide bonds. The van der Waals surface area contributed by atoms with Crippen molar-refractivity contribution < 1.29 is 22.7 Å². The Hall–Kier alpha value is -3.52. The maximum atomic E-state index is 12.9. The smallest absolute Gasteiger partial charge is 0.416 e. The van der Waals surface area contributed by atoms with Crippen LogP contribution in [0, 0.1) is 0 Å². The van der Waals surface area contributed by atoms with Crippen LogP contribution in [0.2, 0.25) is 0 Å². The van der Waals surface area contributed by atoms with Crippen molar-refractivity contribution in [3.8, 4) is 16.9 Å². The largest absolute Gasteiger partial charge is 0.497 e. The van der Waals surface area contributed by atoms with Gasteiger partial charge in [-0.1, -0.05) is 36.4 Å². The molecule has 2 bridgehead atoms. The zero-order valence-electron chi connectivity index (χ0n) is 18.5. The molecule has 2 heterocycles. The second kappa shape index (κ2) is 8.68. The Kier molecular flexibility index (Phi) is 5.69. The molecule has 0 radical (unpaired) electrons. The first-order chi connectivity index (χ1) is 16.3. The van der Waals surface area contributed by atoms with Gasteiger partial charge in [0.2, 0.25) is 0 Å². The van der Waals surface area contributed by atoms with Gasteiger partial charge in [0.05, 0.1) is 24.8 Å². The van der Waals surface area contributed by atoms with Crippen molar-refractivity contribution in [2.75, 3.05) is 25.5 Å². The predicted molar refractivity (Wildman–Crippen MR) is 124 cm³/mol. The third-order valence-electron chi connectivity index (χ3n) is 6.67. The van der Waals surface area contributed by atoms with Crippen LogP contribution in [-0.4, -0.2) is 43.2 Å². The lowest BCUT2D eigenvalue weighted by Crippen LogP contribution is -2.74. The number of carbonyl (C=O) groups is 1. The average Bonchev–Trinajstić information content (AvgIpc) is 2.85. The lowest BCUT2D eigenvalue weighted by atomic mass is 9.72. The number of rotatable bonds is 4. The molecule has 5 nitrogen and oxygen atoms in total. The first-order valence-corrected chi connectivity index (χ1v) is 11.1. The molecular weight excluding hydrogens is 443 g/mol. The number of nitrogens with one attached hydrogen (secondary N) is 2. The Morgan fingerprint density at radius 2 is 1.47 bits per heavy atom. The minimum atomic E-state index is -4.40. The van der Waals surface area contributed by atoms with E-state index in [1.54, 1.807) is 12.0 Å². The van der Waals surface area contributed by atoms with Crippen LogP contribution in [0.15, 0.2) is 72.8 Å². The number of carbonyl (C=O) groups excluding carboxylic acids is 1. The number of fused-ring (bicyclic) bond motifs is 2. The van der Waals surface area contributed by atoms with E-state index < -0.39 is 11.7 Å². The summed E-state index contributed by atoms with van der Waals surface area (Å²) in [6, 6.07) is 20.5. The molecule has 176 valence electrons. The van der Waals surface area contributed by atoms with Gasteiger partial charge in [0.15, 0.2) is 0 Å². The van der Waals surface area contributed by atoms with Crippen LogP contribution in [0.25, 0.3) is 11.1 Å². The minimum Gasteiger partial charge on any atom is -0.497 e. The molecule has 2 aliphatic heterocycles. The summed E-state index contributed by atoms with van der Waals surface area (Å²) in [4.78, 5) is 14.7. The highest BCUT2D eigenvalue weighted by Gasteiger charge is 2.53. The zero-order valence-corrected chi connectivity index (χ0v) is 18.5. The van der Waals surface area contributed by atoms with Crippen molar-refractivity contribution in [2.24, 2.45) is 0 Å². The fourth-order valence-corrected chi connectivity index (χ4v) is 4.93. The van der Waals surface area contributed by atoms with E-state index in [4.69, 9.17) is 4.74 Å². The summed E-state index contributed by atoms with van der Waals surface area (Å²) < 4.78 is 43.6. The van der Waals surface area contributed by atoms with Crippen LogP contribution < -0.4 is 15.4 Å². The standard InChI is InChI=1S/C26H24F3N3O2/c1-34-21-12-6-17(7-13-21)16-2-4-18(5-3-16)24-22-14-30-15-23(24)32(22)25(33)31-20-10-8-19(9-11-20)26(27,28)29/h2-13,22-24,30H,14-15H2,1H3,(H,31,33)/t22-,23+,24?. The molecule has 0 spiro atoms. The van der Waals surface area contributed by atoms with E-state index >= 15 is 0 Å². The zero-order chi connectivity index (χ0) is 23.9. The minimum absolute atomic E-state index is 0.0139. The van der Waals surface area contributed by atoms with Crippen molar-refractivity contribution in [2.45, 2.75) is 24.2 Å². The predicted octanol–water partition coefficient (Wildman–Crippen LogP) is 5.35. The number of halogens is 3. The van der Waals surface area contributed by atoms with Crippen LogP contribution in [0.1, 0.15) is 17.0 Å². The van der Waals surface area contributed by atoms with Gasteiger partial charge in [0, 0.05) is 24.7 Å². The lowest BCUT2D eigenvalue weighted by Gasteiger charge is -2.59. The van der Waals surface area contributed by atoms with Gasteiger partial charge < -0.3 is 20.3 Å². The first kappa shape index (κ1) is 22.3. The Bertz CT molecular complexity index is 1150. The highest BCUT2D eigenvalue weighted by atomic mass is 19.4. The van der Waals surface area contributed by atoms with Crippen LogP contribution in [0.5, 0.6) is 5.75 Å². The second-order valence-corrected chi connectivity index (χ2v) is 8.58. The fraction of sp³-hybridized carbons (Fsp3) is 0.269. The number of hydrogen-bond acceptors (Lipinski definition) is 3. The molecule has 2 aliphatic rings. The van der Waals surface area contributed by atoms with E-state index in [1.807, 2.05) is 24.3 Å². The number of benzene rings is 3. The molecule has 2 saturated heterocycles. The van der Waals surface area contributed by atoms with Crippen molar-refractivity contribution in [3.63, 3.8) is 0 Å². The normalized spacial score (nSPS) is 21.5. The Morgan fingerprint density at radius 1 is 0.912 bits per heavy atom. The fourth-order valence-electron chi connectivity index (χ4n) is 4.93. The molecule has 3 aromatic rings. The van der Waals surface area contributed by atoms with E-state index in [2.05, 4.69) is 34.9 Å². The summed E-state index contributed by atoms with van der Waals surface area (Å²) >= 11 is 0. The molecular formula is C26H24F3N3O2. The van der Waals surface area contributed by atoms with Gasteiger partial charge in [0.25, 0.3) is 0 Å². The van der Waals surface area contributed by atoms with Gasteiger partial charge in [-0.15, -0.1) is 0 Å². The van der Waals surface area contributed by atoms with Crippen molar-refractivity contribution in [1.29, 1.82) is 0 Å². The van der Waals surface area contributed by atoms with Gasteiger partial charge >= 0.3 is 12.2 Å². The van der Waals surface area contributed by atoms with Crippen LogP contribution in [0.4, 0.5) is 23.7 Å². The van der Waals surface area contributed by atoms with Gasteiger partial charge in [0.1, 0.15) is 5.75 Å². The van der Waals surface area contributed by atoms with Crippen molar-refractivity contribution >= 4 is 11.7 Å². The van der Waals surface area contributed by atoms with Gasteiger partial charge in [-0.05, 0) is 53.1 Å². The maximum Gasteiger partial charge on any atom is 0.416 e. The average molecular weight is 467 g/mol. The third kappa shape index (κ3) is 4.09. The molecule has 0 aromatic heterocycles. The highest BCUT2D eigenvalue weighted by molar-refractivity contribution is 5.91. The number of piperidine rings is 1. The molecule has 0 aliphatic carbocycles. The van der Waals surface area contributed by atoms with E-state index in [1.165, 1.54) is 17.7 Å². The number of methoxy groups -OCH3 is 1. The van der Waals surface area contributed by atoms with Gasteiger partial charge in [-0.3, -0.25) is 0 Å². The van der Waals surface area contributed by atoms with Crippen LogP contribution in [-0.2, 0) is 6.18 Å². The quantitative estimate of drug-likeness (QED) is 0.544. The summed E-state index contributed by atoms with van der Waals surface area (Å²) in [6.45, 7) is 1.34. The van der Waals surface area contributed by atoms with E-state index in [9.17, 15) is 18.0 Å². The number of ether oxygens (including phenoxy) is 1. The molecule has 5 rings (SSSR count). The Morgan fingerprint density at radius 3 is 2.00 bits per heavy atom. The number of nitrogens with zero attached hydrogens (tertiary/aromatic N) is 1. The van der Waals surface area contributed by atoms with Gasteiger partial charge in [-0.25, -0.2) is 4.79 Å². The topological polar surface area (TPSA) is 53.6 Å². The molecule has 0 saturated carbocycles. The second-order valence-electron chi connectivity index (χ2n) is 8.58. The summed E-state index contributed by atoms with van der Waals surface area (Å²) in [5.41, 5.74) is 2.98. The van der Waals surface area contributed by atoms with Crippen LogP contribution >= 0.6 is 0 Å². The van der Waals surface area contributed by atoms with Crippen LogP contribution in [0.3, 0.4) is 0 Å². The monoisotopic (exact) mass is 467 g/mol. The Labute approximate surface area is 195 Å². The summed E-state index contributed by atoms with van der Waals surface area (Å²) in [7, 11) is 1.64. The molecule has 34 heavy (non-hydrogen) atoms. The number of anilines is 1. The summed E-state index contributed by atoms with van der Waals surface area (Å²) in [5, 5.41) is 6.09. The van der Waals surface area contributed by atoms with Gasteiger partial charge in [-0.2, -0.15) is 13.2 Å².